The van der Waals surface area contributed by atoms with Crippen LogP contribution in [0.4, 0.5) is 11.6 Å². The zero-order chi connectivity index (χ0) is 14.9. The Hall–Kier alpha value is -2.25. The van der Waals surface area contributed by atoms with Crippen molar-refractivity contribution in [3.63, 3.8) is 0 Å². The van der Waals surface area contributed by atoms with Crippen molar-refractivity contribution >= 4 is 40.7 Å². The number of amides is 1. The summed E-state index contributed by atoms with van der Waals surface area (Å²) in [7, 11) is 0. The lowest BCUT2D eigenvalue weighted by atomic mass is 10.3. The van der Waals surface area contributed by atoms with Gasteiger partial charge in [0.05, 0.1) is 16.8 Å². The van der Waals surface area contributed by atoms with Gasteiger partial charge in [-0.3, -0.25) is 14.9 Å². The molecule has 0 atom stereocenters. The Morgan fingerprint density at radius 2 is 2.05 bits per heavy atom. The van der Waals surface area contributed by atoms with Gasteiger partial charge in [-0.15, -0.1) is 0 Å². The molecule has 0 saturated carbocycles. The van der Waals surface area contributed by atoms with E-state index in [4.69, 9.17) is 27.6 Å². The van der Waals surface area contributed by atoms with Gasteiger partial charge < -0.3 is 14.8 Å². The summed E-state index contributed by atoms with van der Waals surface area (Å²) in [4.78, 5) is 21.5. The molecule has 1 aromatic heterocycles. The molecule has 0 unspecified atom stereocenters. The lowest BCUT2D eigenvalue weighted by Gasteiger charge is -2.07. The molecule has 7 nitrogen and oxygen atoms in total. The second kappa shape index (κ2) is 5.40. The normalized spacial score (nSPS) is 10.3. The Bertz CT molecular complexity index is 698. The summed E-state index contributed by atoms with van der Waals surface area (Å²) in [6.45, 7) is 0. The Kier molecular flexibility index (Phi) is 3.82. The molecular weight excluding hydrogens is 311 g/mol. The number of hydrogen-bond acceptors (Lipinski definition) is 5. The molecule has 2 N–H and O–H groups in total. The maximum atomic E-state index is 11.8. The molecule has 0 spiro atoms. The number of anilines is 1. The van der Waals surface area contributed by atoms with Crippen LogP contribution in [0.25, 0.3) is 0 Å². The van der Waals surface area contributed by atoms with Gasteiger partial charge >= 0.3 is 5.88 Å². The molecule has 20 heavy (non-hydrogen) atoms. The van der Waals surface area contributed by atoms with Crippen LogP contribution < -0.4 is 5.32 Å². The largest absolute Gasteiger partial charge is 0.504 e. The van der Waals surface area contributed by atoms with E-state index in [-0.39, 0.29) is 27.2 Å². The second-order valence-electron chi connectivity index (χ2n) is 3.63. The standard InChI is InChI=1S/C11H6Cl2N2O5/c12-5-3-6(13)10(16)7(4-5)14-11(17)8-1-2-9(20-8)15(18)19/h1-4,16H,(H,14,17). The van der Waals surface area contributed by atoms with E-state index in [0.29, 0.717) is 0 Å². The zero-order valence-electron chi connectivity index (χ0n) is 9.59. The first-order valence-electron chi connectivity index (χ1n) is 5.12. The number of nitrogens with zero attached hydrogens (tertiary/aromatic N) is 1. The van der Waals surface area contributed by atoms with E-state index < -0.39 is 16.7 Å². The first kappa shape index (κ1) is 14.2. The molecular formula is C11H6Cl2N2O5. The summed E-state index contributed by atoms with van der Waals surface area (Å²) in [5.41, 5.74) is -0.0356. The van der Waals surface area contributed by atoms with E-state index in [1.165, 1.54) is 12.1 Å². The van der Waals surface area contributed by atoms with Crippen molar-refractivity contribution in [1.29, 1.82) is 0 Å². The number of aromatic hydroxyl groups is 1. The number of carbonyl (C=O) groups is 1. The van der Waals surface area contributed by atoms with Crippen molar-refractivity contribution in [1.82, 2.24) is 0 Å². The Labute approximate surface area is 121 Å². The van der Waals surface area contributed by atoms with Gasteiger partial charge in [0.25, 0.3) is 5.91 Å². The van der Waals surface area contributed by atoms with Crippen LogP contribution in [0.2, 0.25) is 10.0 Å². The van der Waals surface area contributed by atoms with Crippen LogP contribution in [0.5, 0.6) is 5.75 Å². The number of hydrogen-bond donors (Lipinski definition) is 2. The van der Waals surface area contributed by atoms with Crippen LogP contribution in [-0.2, 0) is 0 Å². The molecule has 0 aliphatic carbocycles. The number of carbonyl (C=O) groups excluding carboxylic acids is 1. The van der Waals surface area contributed by atoms with Crippen molar-refractivity contribution in [3.05, 3.63) is 50.2 Å². The lowest BCUT2D eigenvalue weighted by Crippen LogP contribution is -2.11. The van der Waals surface area contributed by atoms with Gasteiger partial charge in [0.2, 0.25) is 0 Å². The van der Waals surface area contributed by atoms with E-state index in [9.17, 15) is 20.0 Å². The predicted molar refractivity (Wildman–Crippen MR) is 71.4 cm³/mol. The van der Waals surface area contributed by atoms with Gasteiger partial charge in [-0.25, -0.2) is 0 Å². The first-order chi connectivity index (χ1) is 9.38. The van der Waals surface area contributed by atoms with Crippen LogP contribution in [0, 0.1) is 10.1 Å². The van der Waals surface area contributed by atoms with E-state index in [1.807, 2.05) is 0 Å². The molecule has 1 amide bonds. The SMILES string of the molecule is O=C(Nc1cc(Cl)cc(Cl)c1O)c1ccc([N+](=O)[O-])o1. The summed E-state index contributed by atoms with van der Waals surface area (Å²) in [6.07, 6.45) is 0. The maximum absolute atomic E-state index is 11.8. The van der Waals surface area contributed by atoms with Crippen molar-refractivity contribution in [2.24, 2.45) is 0 Å². The number of nitro groups is 1. The fraction of sp³-hybridized carbons (Fsp3) is 0. The predicted octanol–water partition coefficient (Wildman–Crippen LogP) is 3.45. The van der Waals surface area contributed by atoms with Gasteiger partial charge in [-0.1, -0.05) is 23.2 Å². The number of phenolic OH excluding ortho intramolecular Hbond substituents is 1. The Balaban J connectivity index is 2.25. The molecule has 0 bridgehead atoms. The highest BCUT2D eigenvalue weighted by atomic mass is 35.5. The fourth-order valence-corrected chi connectivity index (χ4v) is 1.89. The average molecular weight is 317 g/mol. The number of rotatable bonds is 3. The highest BCUT2D eigenvalue weighted by Crippen LogP contribution is 2.35. The molecule has 1 aromatic carbocycles. The molecule has 0 aliphatic heterocycles. The van der Waals surface area contributed by atoms with Crippen LogP contribution in [-0.4, -0.2) is 15.9 Å². The maximum Gasteiger partial charge on any atom is 0.433 e. The van der Waals surface area contributed by atoms with Crippen molar-refractivity contribution in [2.75, 3.05) is 5.32 Å². The number of benzene rings is 1. The molecule has 0 saturated heterocycles. The molecule has 0 radical (unpaired) electrons. The van der Waals surface area contributed by atoms with Gasteiger partial charge in [-0.2, -0.15) is 0 Å². The van der Waals surface area contributed by atoms with E-state index in [1.54, 1.807) is 0 Å². The van der Waals surface area contributed by atoms with Crippen molar-refractivity contribution < 1.29 is 19.2 Å². The van der Waals surface area contributed by atoms with Crippen molar-refractivity contribution in [3.8, 4) is 5.75 Å². The quantitative estimate of drug-likeness (QED) is 0.512. The topological polar surface area (TPSA) is 106 Å². The minimum absolute atomic E-state index is 0.0356. The van der Waals surface area contributed by atoms with Crippen LogP contribution >= 0.6 is 23.2 Å². The third-order valence-corrected chi connectivity index (χ3v) is 2.78. The highest BCUT2D eigenvalue weighted by molar-refractivity contribution is 6.36. The average Bonchev–Trinajstić information content (AvgIpc) is 2.85. The van der Waals surface area contributed by atoms with Crippen LogP contribution in [0.3, 0.4) is 0 Å². The van der Waals surface area contributed by atoms with Crippen LogP contribution in [0.1, 0.15) is 10.6 Å². The second-order valence-corrected chi connectivity index (χ2v) is 4.48. The van der Waals surface area contributed by atoms with Gasteiger partial charge in [0, 0.05) is 5.02 Å². The third-order valence-electron chi connectivity index (χ3n) is 2.27. The Morgan fingerprint density at radius 3 is 2.65 bits per heavy atom. The number of halogens is 2. The summed E-state index contributed by atoms with van der Waals surface area (Å²) < 4.78 is 4.72. The van der Waals surface area contributed by atoms with Gasteiger partial charge in [0.1, 0.15) is 4.92 Å². The van der Waals surface area contributed by atoms with Gasteiger partial charge in [-0.05, 0) is 18.2 Å². The number of furan rings is 1. The van der Waals surface area contributed by atoms with E-state index in [2.05, 4.69) is 5.32 Å². The number of nitrogens with one attached hydrogen (secondary N) is 1. The molecule has 2 aromatic rings. The minimum Gasteiger partial charge on any atom is -0.504 e. The molecule has 2 rings (SSSR count). The minimum atomic E-state index is -0.785. The first-order valence-corrected chi connectivity index (χ1v) is 5.87. The third kappa shape index (κ3) is 2.84. The molecule has 0 aliphatic rings. The monoisotopic (exact) mass is 316 g/mol. The summed E-state index contributed by atoms with van der Waals surface area (Å²) in [6, 6.07) is 4.75. The van der Waals surface area contributed by atoms with Crippen LogP contribution in [0.15, 0.2) is 28.7 Å². The summed E-state index contributed by atoms with van der Waals surface area (Å²) in [5.74, 6) is -2.01. The number of phenols is 1. The molecule has 1 heterocycles. The molecule has 104 valence electrons. The van der Waals surface area contributed by atoms with Gasteiger partial charge in [0.15, 0.2) is 11.5 Å². The van der Waals surface area contributed by atoms with E-state index in [0.717, 1.165) is 12.1 Å². The fourth-order valence-electron chi connectivity index (χ4n) is 1.39. The molecule has 9 heteroatoms. The Morgan fingerprint density at radius 1 is 1.35 bits per heavy atom. The summed E-state index contributed by atoms with van der Waals surface area (Å²) >= 11 is 11.4. The molecule has 0 fully saturated rings. The summed E-state index contributed by atoms with van der Waals surface area (Å²) in [5, 5.41) is 22.6. The zero-order valence-corrected chi connectivity index (χ0v) is 11.1. The lowest BCUT2D eigenvalue weighted by molar-refractivity contribution is -0.402. The smallest absolute Gasteiger partial charge is 0.433 e. The van der Waals surface area contributed by atoms with E-state index >= 15 is 0 Å². The highest BCUT2D eigenvalue weighted by Gasteiger charge is 2.19. The van der Waals surface area contributed by atoms with Crippen molar-refractivity contribution in [2.45, 2.75) is 0 Å².